The molecule has 1 aliphatic rings. The van der Waals surface area contributed by atoms with Crippen LogP contribution in [0.15, 0.2) is 22.7 Å². The summed E-state index contributed by atoms with van der Waals surface area (Å²) in [5, 5.41) is 2.69. The Morgan fingerprint density at radius 1 is 1.31 bits per heavy atom. The molecule has 144 valence electrons. The van der Waals surface area contributed by atoms with Gasteiger partial charge in [0.05, 0.1) is 23.1 Å². The fourth-order valence-corrected chi connectivity index (χ4v) is 4.49. The number of benzene rings is 1. The van der Waals surface area contributed by atoms with Crippen molar-refractivity contribution in [1.82, 2.24) is 10.2 Å². The van der Waals surface area contributed by atoms with Crippen molar-refractivity contribution >= 4 is 37.6 Å². The highest BCUT2D eigenvalue weighted by Gasteiger charge is 2.28. The zero-order chi connectivity index (χ0) is 19.3. The number of nitrogens with one attached hydrogen (secondary N) is 1. The Morgan fingerprint density at radius 2 is 1.96 bits per heavy atom. The van der Waals surface area contributed by atoms with E-state index < -0.39 is 15.9 Å². The van der Waals surface area contributed by atoms with Gasteiger partial charge < -0.3 is 15.0 Å². The van der Waals surface area contributed by atoms with Crippen LogP contribution >= 0.6 is 15.9 Å². The lowest BCUT2D eigenvalue weighted by Crippen LogP contribution is -2.51. The zero-order valence-corrected chi connectivity index (χ0v) is 17.2. The fourth-order valence-electron chi connectivity index (χ4n) is 2.71. The van der Waals surface area contributed by atoms with Gasteiger partial charge >= 0.3 is 0 Å². The third-order valence-corrected chi connectivity index (χ3v) is 6.49. The number of aryl methyl sites for hydroxylation is 1. The maximum Gasteiger partial charge on any atom is 0.244 e. The molecule has 1 atom stereocenters. The van der Waals surface area contributed by atoms with E-state index in [1.807, 2.05) is 18.2 Å². The second-order valence-electron chi connectivity index (χ2n) is 6.24. The summed E-state index contributed by atoms with van der Waals surface area (Å²) in [6.45, 7) is 1.98. The van der Waals surface area contributed by atoms with Gasteiger partial charge in [-0.05, 0) is 47.0 Å². The van der Waals surface area contributed by atoms with Crippen LogP contribution < -0.4 is 10.1 Å². The van der Waals surface area contributed by atoms with Gasteiger partial charge in [0.15, 0.2) is 9.84 Å². The largest absolute Gasteiger partial charge is 0.496 e. The number of halogens is 1. The summed E-state index contributed by atoms with van der Waals surface area (Å²) in [6.07, 6.45) is 0.794. The Labute approximate surface area is 162 Å². The summed E-state index contributed by atoms with van der Waals surface area (Å²) >= 11 is 3.41. The highest BCUT2D eigenvalue weighted by molar-refractivity contribution is 9.10. The Bertz CT molecular complexity index is 767. The van der Waals surface area contributed by atoms with Gasteiger partial charge in [-0.2, -0.15) is 0 Å². The molecule has 1 fully saturated rings. The Kier molecular flexibility index (Phi) is 7.05. The Morgan fingerprint density at radius 3 is 2.54 bits per heavy atom. The summed E-state index contributed by atoms with van der Waals surface area (Å²) < 4.78 is 28.9. The normalized spacial score (nSPS) is 17.4. The van der Waals surface area contributed by atoms with Gasteiger partial charge in [-0.1, -0.05) is 6.07 Å². The van der Waals surface area contributed by atoms with Crippen LogP contribution in [0.2, 0.25) is 0 Å². The van der Waals surface area contributed by atoms with Gasteiger partial charge in [0.2, 0.25) is 11.8 Å². The maximum absolute atomic E-state index is 12.3. The van der Waals surface area contributed by atoms with Crippen molar-refractivity contribution in [3.63, 3.8) is 0 Å². The van der Waals surface area contributed by atoms with Crippen LogP contribution in [-0.4, -0.2) is 62.9 Å². The number of carbonyl (C=O) groups is 2. The minimum Gasteiger partial charge on any atom is -0.496 e. The summed E-state index contributed by atoms with van der Waals surface area (Å²) in [5.41, 5.74) is 0.980. The number of rotatable bonds is 6. The maximum atomic E-state index is 12.3. The van der Waals surface area contributed by atoms with E-state index >= 15 is 0 Å². The van der Waals surface area contributed by atoms with E-state index in [2.05, 4.69) is 21.2 Å². The van der Waals surface area contributed by atoms with Gasteiger partial charge in [0.25, 0.3) is 0 Å². The summed E-state index contributed by atoms with van der Waals surface area (Å²) in [7, 11) is -1.45. The highest BCUT2D eigenvalue weighted by Crippen LogP contribution is 2.25. The molecular weight excluding hydrogens is 424 g/mol. The molecule has 0 bridgehead atoms. The molecule has 1 N–H and O–H groups in total. The average molecular weight is 447 g/mol. The fraction of sp³-hybridized carbons (Fsp3) is 0.529. The lowest BCUT2D eigenvalue weighted by molar-refractivity contribution is -0.135. The van der Waals surface area contributed by atoms with Crippen molar-refractivity contribution in [2.24, 2.45) is 0 Å². The molecule has 0 aliphatic carbocycles. The Hall–Kier alpha value is -1.61. The van der Waals surface area contributed by atoms with E-state index in [4.69, 9.17) is 4.74 Å². The van der Waals surface area contributed by atoms with Gasteiger partial charge in [-0.25, -0.2) is 8.42 Å². The van der Waals surface area contributed by atoms with Gasteiger partial charge in [0, 0.05) is 19.5 Å². The van der Waals surface area contributed by atoms with Crippen molar-refractivity contribution in [2.45, 2.75) is 25.8 Å². The van der Waals surface area contributed by atoms with E-state index in [-0.39, 0.29) is 42.8 Å². The number of hydrogen-bond acceptors (Lipinski definition) is 5. The first-order valence-electron chi connectivity index (χ1n) is 8.33. The van der Waals surface area contributed by atoms with Crippen molar-refractivity contribution < 1.29 is 22.7 Å². The lowest BCUT2D eigenvalue weighted by atomic mass is 10.1. The topological polar surface area (TPSA) is 92.8 Å². The van der Waals surface area contributed by atoms with E-state index in [0.29, 0.717) is 6.42 Å². The van der Waals surface area contributed by atoms with E-state index in [9.17, 15) is 18.0 Å². The molecular formula is C17H23BrN2O5S. The van der Waals surface area contributed by atoms with Gasteiger partial charge in [-0.15, -0.1) is 0 Å². The zero-order valence-electron chi connectivity index (χ0n) is 14.8. The van der Waals surface area contributed by atoms with Crippen LogP contribution in [0.1, 0.15) is 18.9 Å². The van der Waals surface area contributed by atoms with Crippen molar-refractivity contribution in [3.8, 4) is 5.75 Å². The van der Waals surface area contributed by atoms with Gasteiger partial charge in [-0.3, -0.25) is 9.59 Å². The molecule has 0 aromatic heterocycles. The quantitative estimate of drug-likeness (QED) is 0.707. The molecule has 0 radical (unpaired) electrons. The molecule has 1 aliphatic heterocycles. The van der Waals surface area contributed by atoms with E-state index in [1.54, 1.807) is 14.0 Å². The molecule has 0 saturated carbocycles. The second-order valence-corrected chi connectivity index (χ2v) is 9.39. The molecule has 1 aromatic rings. The molecule has 1 unspecified atom stereocenters. The van der Waals surface area contributed by atoms with Crippen LogP contribution in [0.5, 0.6) is 5.75 Å². The molecule has 2 rings (SSSR count). The van der Waals surface area contributed by atoms with E-state index in [1.165, 1.54) is 4.90 Å². The summed E-state index contributed by atoms with van der Waals surface area (Å²) in [4.78, 5) is 25.9. The van der Waals surface area contributed by atoms with Crippen LogP contribution in [0, 0.1) is 0 Å². The van der Waals surface area contributed by atoms with Crippen LogP contribution in [0.25, 0.3) is 0 Å². The number of carbonyl (C=O) groups excluding carboxylic acids is 2. The van der Waals surface area contributed by atoms with Crippen molar-refractivity contribution in [1.29, 1.82) is 0 Å². The predicted octanol–water partition coefficient (Wildman–Crippen LogP) is 1.15. The smallest absolute Gasteiger partial charge is 0.244 e. The molecule has 2 amide bonds. The first-order chi connectivity index (χ1) is 12.2. The highest BCUT2D eigenvalue weighted by atomic mass is 79.9. The summed E-state index contributed by atoms with van der Waals surface area (Å²) in [5.74, 6) is 0.209. The SMILES string of the molecule is COc1ccc(CCC(=O)NC(C)C(=O)N2CCS(=O)(=O)CC2)cc1Br. The molecule has 1 aromatic carbocycles. The number of ether oxygens (including phenoxy) is 1. The number of methoxy groups -OCH3 is 1. The standard InChI is InChI=1S/C17H23BrN2O5S/c1-12(17(22)20-7-9-26(23,24)10-8-20)19-16(21)6-4-13-3-5-15(25-2)14(18)11-13/h3,5,11-12H,4,6-10H2,1-2H3,(H,19,21). The molecule has 7 nitrogen and oxygen atoms in total. The van der Waals surface area contributed by atoms with Crippen LogP contribution in [0.3, 0.4) is 0 Å². The second kappa shape index (κ2) is 8.85. The third-order valence-electron chi connectivity index (χ3n) is 4.26. The van der Waals surface area contributed by atoms with Crippen LogP contribution in [-0.2, 0) is 25.8 Å². The number of nitrogens with zero attached hydrogens (tertiary/aromatic N) is 1. The third kappa shape index (κ3) is 5.70. The number of hydrogen-bond donors (Lipinski definition) is 1. The minimum absolute atomic E-state index is 0.0221. The molecule has 0 spiro atoms. The molecule has 1 heterocycles. The Balaban J connectivity index is 1.81. The predicted molar refractivity (Wildman–Crippen MR) is 102 cm³/mol. The molecule has 1 saturated heterocycles. The average Bonchev–Trinajstić information content (AvgIpc) is 2.59. The molecule has 26 heavy (non-hydrogen) atoms. The lowest BCUT2D eigenvalue weighted by Gasteiger charge is -2.29. The van der Waals surface area contributed by atoms with Crippen LogP contribution in [0.4, 0.5) is 0 Å². The first-order valence-corrected chi connectivity index (χ1v) is 10.9. The summed E-state index contributed by atoms with van der Waals surface area (Å²) in [6, 6.07) is 4.94. The van der Waals surface area contributed by atoms with Crippen molar-refractivity contribution in [2.75, 3.05) is 31.7 Å². The monoisotopic (exact) mass is 446 g/mol. The first kappa shape index (κ1) is 20.7. The molecule has 9 heteroatoms. The van der Waals surface area contributed by atoms with E-state index in [0.717, 1.165) is 15.8 Å². The number of amides is 2. The van der Waals surface area contributed by atoms with Gasteiger partial charge in [0.1, 0.15) is 11.8 Å². The number of sulfone groups is 1. The van der Waals surface area contributed by atoms with Crippen molar-refractivity contribution in [3.05, 3.63) is 28.2 Å². The minimum atomic E-state index is -3.04.